The first-order chi connectivity index (χ1) is 11.5. The van der Waals surface area contributed by atoms with Crippen LogP contribution in [0.25, 0.3) is 21.0 Å². The van der Waals surface area contributed by atoms with Crippen LogP contribution in [0.4, 0.5) is 5.13 Å². The fourth-order valence-corrected chi connectivity index (χ4v) is 5.94. The number of benzene rings is 2. The Morgan fingerprint density at radius 3 is 2.88 bits per heavy atom. The van der Waals surface area contributed by atoms with Crippen LogP contribution in [0.1, 0.15) is 12.8 Å². The van der Waals surface area contributed by atoms with E-state index in [0.29, 0.717) is 11.6 Å². The summed E-state index contributed by atoms with van der Waals surface area (Å²) in [5.74, 6) is 0.0638. The van der Waals surface area contributed by atoms with Crippen molar-refractivity contribution in [3.8, 4) is 0 Å². The molecule has 2 aromatic carbocycles. The monoisotopic (exact) mass is 360 g/mol. The van der Waals surface area contributed by atoms with Gasteiger partial charge in [0.05, 0.1) is 21.7 Å². The molecular weight excluding hydrogens is 344 g/mol. The number of nitrogens with one attached hydrogen (secondary N) is 1. The first kappa shape index (κ1) is 15.5. The number of hydrogen-bond donors (Lipinski definition) is 1. The number of carbonyl (C=O) groups excluding carboxylic acids is 1. The molecule has 1 amide bonds. The van der Waals surface area contributed by atoms with Crippen LogP contribution < -0.4 is 5.32 Å². The van der Waals surface area contributed by atoms with Gasteiger partial charge in [-0.15, -0.1) is 0 Å². The van der Waals surface area contributed by atoms with E-state index in [9.17, 15) is 13.2 Å². The molecule has 0 spiro atoms. The number of thiazole rings is 1. The van der Waals surface area contributed by atoms with Gasteiger partial charge < -0.3 is 5.32 Å². The molecule has 1 aromatic heterocycles. The highest BCUT2D eigenvalue weighted by Gasteiger charge is 2.29. The van der Waals surface area contributed by atoms with Crippen molar-refractivity contribution in [1.82, 2.24) is 4.98 Å². The number of nitrogens with zero attached hydrogens (tertiary/aromatic N) is 1. The SMILES string of the molecule is O=C(C[C@@H]1CCS(=O)(=O)C1)Nc1nc2c(ccc3ccccc32)s1. The minimum absolute atomic E-state index is 0.0785. The van der Waals surface area contributed by atoms with Crippen molar-refractivity contribution in [3.63, 3.8) is 0 Å². The van der Waals surface area contributed by atoms with E-state index in [4.69, 9.17) is 0 Å². The number of carbonyl (C=O) groups is 1. The Labute approximate surface area is 143 Å². The Hall–Kier alpha value is -1.99. The molecular formula is C17H16N2O3S2. The predicted molar refractivity (Wildman–Crippen MR) is 97.1 cm³/mol. The van der Waals surface area contributed by atoms with Crippen LogP contribution in [0.2, 0.25) is 0 Å². The lowest BCUT2D eigenvalue weighted by atomic mass is 10.1. The van der Waals surface area contributed by atoms with Crippen molar-refractivity contribution in [2.75, 3.05) is 16.8 Å². The second kappa shape index (κ2) is 5.82. The highest BCUT2D eigenvalue weighted by molar-refractivity contribution is 7.91. The summed E-state index contributed by atoms with van der Waals surface area (Å²) < 4.78 is 24.0. The molecule has 0 unspecified atom stereocenters. The van der Waals surface area contributed by atoms with E-state index >= 15 is 0 Å². The second-order valence-corrected chi connectivity index (χ2v) is 9.43. The molecule has 1 atom stereocenters. The zero-order valence-electron chi connectivity index (χ0n) is 12.9. The van der Waals surface area contributed by atoms with Crippen LogP contribution >= 0.6 is 11.3 Å². The van der Waals surface area contributed by atoms with Gasteiger partial charge >= 0.3 is 0 Å². The van der Waals surface area contributed by atoms with Gasteiger partial charge in [0.2, 0.25) is 5.91 Å². The fraction of sp³-hybridized carbons (Fsp3) is 0.294. The molecule has 124 valence electrons. The lowest BCUT2D eigenvalue weighted by molar-refractivity contribution is -0.116. The highest BCUT2D eigenvalue weighted by atomic mass is 32.2. The van der Waals surface area contributed by atoms with Gasteiger partial charge in [0, 0.05) is 11.8 Å². The van der Waals surface area contributed by atoms with Gasteiger partial charge in [-0.2, -0.15) is 0 Å². The molecule has 0 radical (unpaired) electrons. The molecule has 4 rings (SSSR count). The van der Waals surface area contributed by atoms with Crippen molar-refractivity contribution < 1.29 is 13.2 Å². The smallest absolute Gasteiger partial charge is 0.226 e. The number of sulfone groups is 1. The number of rotatable bonds is 3. The fourth-order valence-electron chi connectivity index (χ4n) is 3.18. The van der Waals surface area contributed by atoms with Crippen LogP contribution in [0.15, 0.2) is 36.4 Å². The summed E-state index contributed by atoms with van der Waals surface area (Å²) in [6.45, 7) is 0. The summed E-state index contributed by atoms with van der Waals surface area (Å²) in [6, 6.07) is 12.1. The van der Waals surface area contributed by atoms with Gasteiger partial charge in [0.15, 0.2) is 15.0 Å². The standard InChI is InChI=1S/C17H16N2O3S2/c20-15(9-11-7-8-24(21,22)10-11)18-17-19-16-13-4-2-1-3-12(13)5-6-14(16)23-17/h1-6,11H,7-10H2,(H,18,19,20)/t11-/m0/s1. The van der Waals surface area contributed by atoms with Crippen LogP contribution in [0.5, 0.6) is 0 Å². The lowest BCUT2D eigenvalue weighted by Gasteiger charge is -2.06. The molecule has 0 bridgehead atoms. The van der Waals surface area contributed by atoms with E-state index in [1.807, 2.05) is 36.4 Å². The number of hydrogen-bond acceptors (Lipinski definition) is 5. The normalized spacial score (nSPS) is 19.8. The molecule has 0 aliphatic carbocycles. The summed E-state index contributed by atoms with van der Waals surface area (Å²) in [5.41, 5.74) is 0.886. The van der Waals surface area contributed by atoms with Gasteiger partial charge in [-0.25, -0.2) is 13.4 Å². The van der Waals surface area contributed by atoms with E-state index < -0.39 is 9.84 Å². The molecule has 1 saturated heterocycles. The molecule has 1 aliphatic rings. The predicted octanol–water partition coefficient (Wildman–Crippen LogP) is 3.21. The Morgan fingerprint density at radius 1 is 1.25 bits per heavy atom. The molecule has 2 heterocycles. The van der Waals surface area contributed by atoms with Crippen LogP contribution in [-0.2, 0) is 14.6 Å². The van der Waals surface area contributed by atoms with Crippen molar-refractivity contribution in [2.45, 2.75) is 12.8 Å². The van der Waals surface area contributed by atoms with Crippen molar-refractivity contribution in [1.29, 1.82) is 0 Å². The maximum absolute atomic E-state index is 12.2. The molecule has 1 aliphatic heterocycles. The highest BCUT2D eigenvalue weighted by Crippen LogP contribution is 2.32. The molecule has 5 nitrogen and oxygen atoms in total. The number of anilines is 1. The number of fused-ring (bicyclic) bond motifs is 3. The zero-order valence-corrected chi connectivity index (χ0v) is 14.5. The van der Waals surface area contributed by atoms with Gasteiger partial charge in [-0.05, 0) is 23.8 Å². The molecule has 1 N–H and O–H groups in total. The lowest BCUT2D eigenvalue weighted by Crippen LogP contribution is -2.17. The Morgan fingerprint density at radius 2 is 2.08 bits per heavy atom. The molecule has 24 heavy (non-hydrogen) atoms. The summed E-state index contributed by atoms with van der Waals surface area (Å²) in [4.78, 5) is 16.7. The van der Waals surface area contributed by atoms with E-state index in [2.05, 4.69) is 10.3 Å². The Balaban J connectivity index is 1.54. The average Bonchev–Trinajstić information content (AvgIpc) is 3.09. The Bertz CT molecular complexity index is 1040. The first-order valence-electron chi connectivity index (χ1n) is 7.79. The topological polar surface area (TPSA) is 76.1 Å². The summed E-state index contributed by atoms with van der Waals surface area (Å²) >= 11 is 1.44. The third-order valence-corrected chi connectivity index (χ3v) is 7.10. The van der Waals surface area contributed by atoms with Crippen LogP contribution in [0.3, 0.4) is 0 Å². The second-order valence-electron chi connectivity index (χ2n) is 6.17. The van der Waals surface area contributed by atoms with Gasteiger partial charge in [-0.3, -0.25) is 4.79 Å². The molecule has 7 heteroatoms. The summed E-state index contributed by atoms with van der Waals surface area (Å²) in [5, 5.41) is 5.56. The molecule has 3 aromatic rings. The van der Waals surface area contributed by atoms with Gasteiger partial charge in [-0.1, -0.05) is 41.7 Å². The third-order valence-electron chi connectivity index (χ3n) is 4.33. The zero-order chi connectivity index (χ0) is 16.7. The molecule has 0 saturated carbocycles. The van der Waals surface area contributed by atoms with E-state index in [-0.39, 0.29) is 29.8 Å². The maximum atomic E-state index is 12.2. The number of aromatic nitrogens is 1. The van der Waals surface area contributed by atoms with Crippen molar-refractivity contribution in [3.05, 3.63) is 36.4 Å². The first-order valence-corrected chi connectivity index (χ1v) is 10.4. The van der Waals surface area contributed by atoms with E-state index in [1.54, 1.807) is 0 Å². The van der Waals surface area contributed by atoms with Crippen molar-refractivity contribution in [2.24, 2.45) is 5.92 Å². The van der Waals surface area contributed by atoms with Gasteiger partial charge in [0.25, 0.3) is 0 Å². The minimum atomic E-state index is -2.95. The summed E-state index contributed by atoms with van der Waals surface area (Å²) in [6.07, 6.45) is 0.802. The molecule has 1 fully saturated rings. The van der Waals surface area contributed by atoms with E-state index in [0.717, 1.165) is 21.0 Å². The summed E-state index contributed by atoms with van der Waals surface area (Å²) in [7, 11) is -2.95. The van der Waals surface area contributed by atoms with Crippen molar-refractivity contribution >= 4 is 53.2 Å². The van der Waals surface area contributed by atoms with E-state index in [1.165, 1.54) is 11.3 Å². The number of amides is 1. The quantitative estimate of drug-likeness (QED) is 0.778. The van der Waals surface area contributed by atoms with Crippen LogP contribution in [-0.4, -0.2) is 30.8 Å². The Kier molecular flexibility index (Phi) is 3.77. The van der Waals surface area contributed by atoms with Gasteiger partial charge in [0.1, 0.15) is 0 Å². The third kappa shape index (κ3) is 3.01. The largest absolute Gasteiger partial charge is 0.302 e. The van der Waals surface area contributed by atoms with Crippen LogP contribution in [0, 0.1) is 5.92 Å². The maximum Gasteiger partial charge on any atom is 0.226 e. The minimum Gasteiger partial charge on any atom is -0.302 e. The average molecular weight is 360 g/mol.